The Morgan fingerprint density at radius 2 is 1.59 bits per heavy atom. The number of nitrogens with one attached hydrogen (secondary N) is 2. The first-order valence-corrected chi connectivity index (χ1v) is 18.0. The van der Waals surface area contributed by atoms with Gasteiger partial charge in [0, 0.05) is 31.4 Å². The summed E-state index contributed by atoms with van der Waals surface area (Å²) in [5.74, 6) is 1.35. The fourth-order valence-electron chi connectivity index (χ4n) is 3.86. The largest absolute Gasteiger partial charge is 0.492 e. The van der Waals surface area contributed by atoms with Crippen LogP contribution in [-0.4, -0.2) is 62.2 Å². The molecular weight excluding hydrogens is 638 g/mol. The van der Waals surface area contributed by atoms with Gasteiger partial charge in [-0.15, -0.1) is 13.2 Å². The molecule has 2 aromatic carbocycles. The molecule has 0 spiro atoms. The number of carbonyl (C=O) groups is 1. The Morgan fingerprint density at radius 3 is 2.10 bits per heavy atom. The van der Waals surface area contributed by atoms with Crippen molar-refractivity contribution in [1.82, 2.24) is 14.9 Å². The molecule has 9 nitrogen and oxygen atoms in total. The third-order valence-corrected chi connectivity index (χ3v) is 6.82. The number of amides is 1. The van der Waals surface area contributed by atoms with Crippen molar-refractivity contribution in [2.75, 3.05) is 52.0 Å². The van der Waals surface area contributed by atoms with E-state index in [1.165, 1.54) is 19.3 Å². The highest BCUT2D eigenvalue weighted by Crippen LogP contribution is 2.38. The van der Waals surface area contributed by atoms with E-state index in [1.807, 2.05) is 83.2 Å². The van der Waals surface area contributed by atoms with Crippen LogP contribution in [0.5, 0.6) is 23.4 Å². The van der Waals surface area contributed by atoms with Crippen LogP contribution in [0.3, 0.4) is 0 Å². The molecule has 9 heteroatoms. The van der Waals surface area contributed by atoms with Gasteiger partial charge in [-0.3, -0.25) is 4.79 Å². The molecule has 0 radical (unpaired) electrons. The first-order chi connectivity index (χ1) is 24.2. The summed E-state index contributed by atoms with van der Waals surface area (Å²) in [5.41, 5.74) is 4.64. The van der Waals surface area contributed by atoms with Gasteiger partial charge in [-0.1, -0.05) is 93.7 Å². The Morgan fingerprint density at radius 1 is 1.00 bits per heavy atom. The summed E-state index contributed by atoms with van der Waals surface area (Å²) >= 11 is 0. The van der Waals surface area contributed by atoms with Crippen LogP contribution in [0, 0.1) is 6.92 Å². The molecule has 3 rings (SSSR count). The van der Waals surface area contributed by atoms with Crippen LogP contribution < -0.4 is 24.8 Å². The number of aromatic nitrogens is 2. The number of carbonyl (C=O) groups excluding carboxylic acids is 1. The minimum absolute atomic E-state index is 0.109. The zero-order chi connectivity index (χ0) is 39.6. The van der Waals surface area contributed by atoms with Gasteiger partial charge in [-0.2, -0.15) is 4.98 Å². The molecule has 0 atom stereocenters. The molecule has 0 aliphatic heterocycles. The third kappa shape index (κ3) is 18.4. The third-order valence-electron chi connectivity index (χ3n) is 6.82. The zero-order valence-electron chi connectivity index (χ0n) is 34.5. The number of rotatable bonds is 12. The first kappa shape index (κ1) is 48.7. The summed E-state index contributed by atoms with van der Waals surface area (Å²) in [6.07, 6.45) is 7.33. The monoisotopic (exact) mass is 708 g/mol. The Balaban J connectivity index is 0. The molecule has 1 aromatic heterocycles. The predicted molar refractivity (Wildman–Crippen MR) is 220 cm³/mol. The summed E-state index contributed by atoms with van der Waals surface area (Å²) in [6, 6.07) is 11.6. The summed E-state index contributed by atoms with van der Waals surface area (Å²) in [5, 5.41) is 6.20. The maximum absolute atomic E-state index is 13.3. The molecule has 1 heterocycles. The molecule has 0 aliphatic carbocycles. The average Bonchev–Trinajstić information content (AvgIpc) is 3.11. The highest BCUT2D eigenvalue weighted by atomic mass is 16.5. The number of hydrogen-bond donors (Lipinski definition) is 2. The first-order valence-electron chi connectivity index (χ1n) is 18.0. The lowest BCUT2D eigenvalue weighted by Gasteiger charge is -2.23. The number of likely N-dealkylation sites (N-methyl/N-ethyl adjacent to an activating group) is 1. The van der Waals surface area contributed by atoms with Gasteiger partial charge in [0.2, 0.25) is 5.88 Å². The van der Waals surface area contributed by atoms with E-state index in [9.17, 15) is 4.79 Å². The number of unbranched alkanes of at least 4 members (excludes halogenated alkanes) is 1. The summed E-state index contributed by atoms with van der Waals surface area (Å²) < 4.78 is 17.3. The molecule has 0 saturated carbocycles. The number of anilines is 2. The number of hydrogen-bond acceptors (Lipinski definition) is 8. The molecule has 0 fully saturated rings. The normalized spacial score (nSPS) is 10.4. The van der Waals surface area contributed by atoms with Crippen LogP contribution in [0.4, 0.5) is 11.4 Å². The predicted octanol–water partition coefficient (Wildman–Crippen LogP) is 11.0. The van der Waals surface area contributed by atoms with Crippen LogP contribution in [-0.2, 0) is 10.2 Å². The average molecular weight is 708 g/mol. The Kier molecular flexibility index (Phi) is 26.2. The molecule has 1 amide bonds. The van der Waals surface area contributed by atoms with Crippen molar-refractivity contribution >= 4 is 23.4 Å². The summed E-state index contributed by atoms with van der Waals surface area (Å²) in [4.78, 5) is 23.8. The van der Waals surface area contributed by atoms with E-state index in [-0.39, 0.29) is 17.3 Å². The molecule has 0 saturated heterocycles. The molecular formula is C42H69N5O4. The molecule has 3 aromatic rings. The van der Waals surface area contributed by atoms with E-state index < -0.39 is 0 Å². The minimum Gasteiger partial charge on any atom is -0.492 e. The maximum atomic E-state index is 13.3. The zero-order valence-corrected chi connectivity index (χ0v) is 34.5. The van der Waals surface area contributed by atoms with Gasteiger partial charge in [0.1, 0.15) is 12.4 Å². The van der Waals surface area contributed by atoms with Crippen molar-refractivity contribution in [3.63, 3.8) is 0 Å². The van der Waals surface area contributed by atoms with Gasteiger partial charge in [0.25, 0.3) is 5.91 Å². The lowest BCUT2D eigenvalue weighted by Crippen LogP contribution is -2.20. The van der Waals surface area contributed by atoms with E-state index in [2.05, 4.69) is 82.2 Å². The van der Waals surface area contributed by atoms with Crippen LogP contribution in [0.25, 0.3) is 6.08 Å². The number of nitrogens with zero attached hydrogens (tertiary/aromatic N) is 3. The number of methoxy groups -OCH3 is 1. The van der Waals surface area contributed by atoms with Gasteiger partial charge in [-0.05, 0) is 74.3 Å². The van der Waals surface area contributed by atoms with Crippen LogP contribution >= 0.6 is 0 Å². The SMILES string of the molecule is C=C.CC.CCC.CCCC.CNc1cc(C(C)(C)C)cc(NC(=O)/C(C)=C/c2cccc(Oc3ccnc(OCCN(C)C)n3)c2C)c1OC. The summed E-state index contributed by atoms with van der Waals surface area (Å²) in [7, 11) is 7.37. The Hall–Kier alpha value is -4.37. The second kappa shape index (κ2) is 27.4. The van der Waals surface area contributed by atoms with Crippen molar-refractivity contribution in [3.05, 3.63) is 78.0 Å². The summed E-state index contributed by atoms with van der Waals surface area (Å²) in [6.45, 7) is 29.9. The second-order valence-electron chi connectivity index (χ2n) is 12.5. The molecule has 0 bridgehead atoms. The highest BCUT2D eigenvalue weighted by Gasteiger charge is 2.21. The second-order valence-corrected chi connectivity index (χ2v) is 12.5. The highest BCUT2D eigenvalue weighted by molar-refractivity contribution is 6.07. The van der Waals surface area contributed by atoms with Gasteiger partial charge >= 0.3 is 6.01 Å². The van der Waals surface area contributed by atoms with E-state index >= 15 is 0 Å². The van der Waals surface area contributed by atoms with Crippen molar-refractivity contribution < 1.29 is 19.0 Å². The quantitative estimate of drug-likeness (QED) is 0.142. The van der Waals surface area contributed by atoms with Gasteiger partial charge in [0.15, 0.2) is 5.75 Å². The molecule has 0 aliphatic rings. The fraction of sp³-hybridized carbons (Fsp3) is 0.500. The van der Waals surface area contributed by atoms with Crippen LogP contribution in [0.2, 0.25) is 0 Å². The lowest BCUT2D eigenvalue weighted by molar-refractivity contribution is -0.112. The minimum atomic E-state index is -0.229. The van der Waals surface area contributed by atoms with E-state index in [0.29, 0.717) is 35.2 Å². The Labute approximate surface area is 310 Å². The van der Waals surface area contributed by atoms with E-state index in [0.717, 1.165) is 28.9 Å². The smallest absolute Gasteiger partial charge is 0.319 e. The maximum Gasteiger partial charge on any atom is 0.319 e. The van der Waals surface area contributed by atoms with Gasteiger partial charge in [0.05, 0.1) is 18.5 Å². The van der Waals surface area contributed by atoms with Gasteiger partial charge < -0.3 is 29.7 Å². The Bertz CT molecular complexity index is 1430. The van der Waals surface area contributed by atoms with Crippen molar-refractivity contribution in [2.24, 2.45) is 0 Å². The topological polar surface area (TPSA) is 97.8 Å². The standard InChI is InChI=1S/C31H41N5O4.C4H10.C3H8.C2H6.C2H4/c1-20(29(37)34-25-19-23(31(3,4)5)18-24(32-6)28(25)38-9)17-22-11-10-12-26(21(22)2)40-27-13-14-33-30(35-27)39-16-15-36(7)8;1-3-4-2;1-3-2;2*1-2/h10-14,17-19,32H,15-16H2,1-9H3,(H,34,37);3-4H2,1-2H3;3H2,1-2H3;1-2H3;1-2H2/b20-17+;;;;. The number of benzene rings is 2. The van der Waals surface area contributed by atoms with Gasteiger partial charge in [-0.25, -0.2) is 4.98 Å². The number of ether oxygens (including phenoxy) is 3. The van der Waals surface area contributed by atoms with Crippen LogP contribution in [0.1, 0.15) is 105 Å². The molecule has 51 heavy (non-hydrogen) atoms. The molecule has 2 N–H and O–H groups in total. The molecule has 0 unspecified atom stereocenters. The lowest BCUT2D eigenvalue weighted by atomic mass is 9.86. The van der Waals surface area contributed by atoms with E-state index in [4.69, 9.17) is 14.2 Å². The molecule has 286 valence electrons. The van der Waals surface area contributed by atoms with Crippen molar-refractivity contribution in [3.8, 4) is 23.4 Å². The van der Waals surface area contributed by atoms with Crippen molar-refractivity contribution in [2.45, 2.75) is 101 Å². The van der Waals surface area contributed by atoms with E-state index in [1.54, 1.807) is 26.3 Å². The fourth-order valence-corrected chi connectivity index (χ4v) is 3.86. The van der Waals surface area contributed by atoms with Crippen molar-refractivity contribution in [1.29, 1.82) is 0 Å². The van der Waals surface area contributed by atoms with Crippen LogP contribution in [0.15, 0.2) is 61.3 Å².